The van der Waals surface area contributed by atoms with Crippen LogP contribution < -0.4 is 9.80 Å². The summed E-state index contributed by atoms with van der Waals surface area (Å²) in [4.78, 5) is 5.95. The van der Waals surface area contributed by atoms with Crippen molar-refractivity contribution >= 4 is 58.7 Å². The second kappa shape index (κ2) is 19.4. The van der Waals surface area contributed by atoms with Crippen LogP contribution in [0.5, 0.6) is 0 Å². The zero-order valence-electron chi connectivity index (χ0n) is 33.4. The van der Waals surface area contributed by atoms with Crippen molar-refractivity contribution < 1.29 is 11.9 Å². The Morgan fingerprint density at radius 3 is 1.28 bits per heavy atom. The molecule has 7 heteroatoms. The van der Waals surface area contributed by atoms with Gasteiger partial charge in [-0.3, -0.25) is 0 Å². The molecule has 0 N–H and O–H groups in total. The van der Waals surface area contributed by atoms with Crippen molar-refractivity contribution in [2.45, 2.75) is 160 Å². The monoisotopic (exact) mass is 881 g/mol. The van der Waals surface area contributed by atoms with Gasteiger partial charge in [-0.2, -0.15) is 0 Å². The van der Waals surface area contributed by atoms with E-state index in [2.05, 4.69) is 91.7 Å². The van der Waals surface area contributed by atoms with E-state index in [-0.39, 0.29) is 7.92 Å². The van der Waals surface area contributed by atoms with Crippen molar-refractivity contribution in [3.63, 3.8) is 0 Å². The van der Waals surface area contributed by atoms with Crippen molar-refractivity contribution in [3.05, 3.63) is 88.0 Å². The molecule has 7 rings (SSSR count). The molecular weight excluding hydrogens is 816 g/mol. The van der Waals surface area contributed by atoms with E-state index >= 15 is 0 Å². The Hall–Kier alpha value is -1.02. The van der Waals surface area contributed by atoms with Gasteiger partial charge < -0.3 is 0 Å². The molecule has 3 aromatic rings. The third-order valence-electron chi connectivity index (χ3n) is 12.3. The molecule has 292 valence electrons. The summed E-state index contributed by atoms with van der Waals surface area (Å²) in [5, 5.41) is 0. The average Bonchev–Trinajstić information content (AvgIpc) is 3.57. The van der Waals surface area contributed by atoms with Gasteiger partial charge >= 0.3 is 220 Å². The van der Waals surface area contributed by atoms with Gasteiger partial charge in [-0.1, -0.05) is 19.3 Å². The molecule has 3 aliphatic carbocycles. The predicted molar refractivity (Wildman–Crippen MR) is 240 cm³/mol. The Morgan fingerprint density at radius 1 is 0.566 bits per heavy atom. The molecule has 2 nitrogen and oxygen atoms in total. The molecule has 0 unspecified atom stereocenters. The number of hydrogen-bond donors (Lipinski definition) is 0. The Morgan fingerprint density at radius 2 is 0.925 bits per heavy atom. The zero-order valence-corrected chi connectivity index (χ0v) is 38.5. The molecule has 3 saturated carbocycles. The van der Waals surface area contributed by atoms with Crippen LogP contribution in [0.1, 0.15) is 130 Å². The number of nitrogens with zero attached hydrogens (tertiary/aromatic N) is 2. The summed E-state index contributed by atoms with van der Waals surface area (Å²) in [6.07, 6.45) is 23.8. The molecule has 4 fully saturated rings. The third-order valence-corrected chi connectivity index (χ3v) is 25.4. The van der Waals surface area contributed by atoms with Crippen LogP contribution in [-0.4, -0.2) is 38.4 Å². The van der Waals surface area contributed by atoms with Gasteiger partial charge in [-0.25, -0.2) is 0 Å². The molecule has 0 radical (unpaired) electrons. The van der Waals surface area contributed by atoms with E-state index in [9.17, 15) is 0 Å². The van der Waals surface area contributed by atoms with Crippen molar-refractivity contribution in [1.82, 2.24) is 0 Å². The van der Waals surface area contributed by atoms with Gasteiger partial charge in [0.1, 0.15) is 0 Å². The number of thioether (sulfide) groups is 1. The van der Waals surface area contributed by atoms with Crippen LogP contribution in [-0.2, 0) is 11.9 Å². The number of hydrogen-bond acceptors (Lipinski definition) is 3. The summed E-state index contributed by atoms with van der Waals surface area (Å²) < 4.78 is 3.18. The molecule has 3 aromatic carbocycles. The standard InChI is InChI=1S/C21H26N2.C18H33P.C7H6S.2ClH.Ru/c1-14-9-16(3)20(17(4)10-14)22-7-8-23(13-22)21-18(5)11-15(2)12-19(21)6;1-4-10-16(11-5-1)19(17-12-6-2-7-13-17)18-14-8-3-9-15-18;1-8-7-5-3-2-4-6-7;;;/h9-12H,7-8H2,1-6H3;16-18H,1-15H2;1-6H;2*1H;/q;;;;;+2/p-1. The van der Waals surface area contributed by atoms with Gasteiger partial charge in [0.15, 0.2) is 0 Å². The van der Waals surface area contributed by atoms with Crippen molar-refractivity contribution in [3.8, 4) is 0 Å². The Kier molecular flexibility index (Phi) is 15.2. The molecule has 0 spiro atoms. The quantitative estimate of drug-likeness (QED) is 0.133. The van der Waals surface area contributed by atoms with Crippen LogP contribution in [0.4, 0.5) is 11.4 Å². The summed E-state index contributed by atoms with van der Waals surface area (Å²) in [6.45, 7) is 14.8. The first-order valence-electron chi connectivity index (χ1n) is 20.7. The fraction of sp³-hybridized carbons (Fsp3) is 0.565. The van der Waals surface area contributed by atoms with E-state index in [1.807, 2.05) is 18.2 Å². The molecule has 0 amide bonds. The number of rotatable bonds is 7. The van der Waals surface area contributed by atoms with Gasteiger partial charge in [-0.15, -0.1) is 0 Å². The first kappa shape index (κ1) is 41.6. The van der Waals surface area contributed by atoms with Crippen molar-refractivity contribution in [2.24, 2.45) is 0 Å². The number of benzene rings is 3. The summed E-state index contributed by atoms with van der Waals surface area (Å²) in [5.41, 5.74) is 13.7. The minimum atomic E-state index is -3.42. The van der Waals surface area contributed by atoms with Gasteiger partial charge in [0.05, 0.1) is 17.0 Å². The number of aryl methyl sites for hydroxylation is 6. The van der Waals surface area contributed by atoms with Crippen LogP contribution in [0.25, 0.3) is 0 Å². The summed E-state index contributed by atoms with van der Waals surface area (Å²) in [7, 11) is 14.7. The van der Waals surface area contributed by atoms with E-state index in [1.54, 1.807) is 108 Å². The van der Waals surface area contributed by atoms with E-state index < -0.39 is 11.9 Å². The topological polar surface area (TPSA) is 6.48 Å². The first-order chi connectivity index (χ1) is 25.5. The molecule has 4 aliphatic rings. The molecular formula is C46H66Cl2N2PRuS+. The maximum absolute atomic E-state index is 7.39. The van der Waals surface area contributed by atoms with Gasteiger partial charge in [0, 0.05) is 7.92 Å². The van der Waals surface area contributed by atoms with Crippen LogP contribution >= 0.6 is 39.1 Å². The second-order valence-corrected chi connectivity index (χ2v) is 30.8. The summed E-state index contributed by atoms with van der Waals surface area (Å²) in [5.74, 6) is 0. The van der Waals surface area contributed by atoms with Crippen molar-refractivity contribution in [2.75, 3.05) is 22.9 Å². The molecule has 1 heterocycles. The first-order valence-corrected chi connectivity index (χ1v) is 29.6. The summed E-state index contributed by atoms with van der Waals surface area (Å²) in [6, 6.07) is 19.3. The predicted octanol–water partition coefficient (Wildman–Crippen LogP) is 14.2. The van der Waals surface area contributed by atoms with Crippen LogP contribution in [0.15, 0.2) is 59.5 Å². The average molecular weight is 882 g/mol. The Labute approximate surface area is 338 Å². The normalized spacial score (nSPS) is 19.8. The van der Waals surface area contributed by atoms with E-state index in [0.717, 1.165) is 22.3 Å². The van der Waals surface area contributed by atoms with E-state index in [0.29, 0.717) is 0 Å². The fourth-order valence-corrected chi connectivity index (χ4v) is 23.0. The number of halogens is 2. The van der Waals surface area contributed by atoms with Crippen molar-refractivity contribution in [1.29, 1.82) is 0 Å². The molecule has 0 atom stereocenters. The van der Waals surface area contributed by atoms with Crippen LogP contribution in [0.2, 0.25) is 0 Å². The maximum atomic E-state index is 7.39. The fourth-order valence-electron chi connectivity index (χ4n) is 10.3. The Bertz CT molecular complexity index is 1640. The van der Waals surface area contributed by atoms with Gasteiger partial charge in [-0.05, 0) is 77.0 Å². The Balaban J connectivity index is 0.000000213. The minimum absolute atomic E-state index is 0.0465. The zero-order chi connectivity index (χ0) is 37.5. The molecule has 0 aromatic heterocycles. The summed E-state index contributed by atoms with van der Waals surface area (Å²) >= 11 is -1.78. The molecule has 1 aliphatic heterocycles. The number of anilines is 2. The van der Waals surface area contributed by atoms with Crippen LogP contribution in [0.3, 0.4) is 0 Å². The molecule has 53 heavy (non-hydrogen) atoms. The van der Waals surface area contributed by atoms with Crippen LogP contribution in [0, 0.1) is 41.5 Å². The molecule has 0 bridgehead atoms. The SMILES string of the molecule is C1CCC([PH+](C2CCCCC2)C2CCCCC2)CC1.Cc1cc(C)c(N2CCN(c3c(C)cc(C)cc3C)[C]2=[Ru]([Cl])([Cl])=[CH]Sc2ccccc2)c(C)c1. The second-order valence-electron chi connectivity index (χ2n) is 16.5. The molecule has 1 saturated heterocycles. The van der Waals surface area contributed by atoms with E-state index in [4.69, 9.17) is 19.4 Å². The van der Waals surface area contributed by atoms with Gasteiger partial charge in [0.25, 0.3) is 0 Å². The van der Waals surface area contributed by atoms with Gasteiger partial charge in [0.2, 0.25) is 0 Å². The third kappa shape index (κ3) is 10.5. The van der Waals surface area contributed by atoms with E-state index in [1.165, 1.54) is 61.7 Å².